The zero-order valence-electron chi connectivity index (χ0n) is 18.0. The van der Waals surface area contributed by atoms with Crippen LogP contribution in [0, 0.1) is 0 Å². The molecule has 4 nitrogen and oxygen atoms in total. The first-order valence-corrected chi connectivity index (χ1v) is 11.9. The Labute approximate surface area is 201 Å². The van der Waals surface area contributed by atoms with Gasteiger partial charge < -0.3 is 4.57 Å². The highest BCUT2D eigenvalue weighted by Gasteiger charge is 2.36. The number of hydrogen-bond donors (Lipinski definition) is 0. The Hall–Kier alpha value is -3.28. The topological polar surface area (TPSA) is 42.3 Å². The molecule has 0 saturated carbocycles. The molecule has 4 aromatic rings. The fourth-order valence-electron chi connectivity index (χ4n) is 4.19. The van der Waals surface area contributed by atoms with Gasteiger partial charge in [-0.15, -0.1) is 0 Å². The number of benzene rings is 3. The first-order chi connectivity index (χ1) is 16.0. The van der Waals surface area contributed by atoms with E-state index in [9.17, 15) is 9.59 Å². The van der Waals surface area contributed by atoms with Crippen molar-refractivity contribution in [2.75, 3.05) is 4.90 Å². The maximum Gasteiger partial charge on any atom is 0.298 e. The van der Waals surface area contributed by atoms with Crippen LogP contribution < -0.4 is 4.90 Å². The molecule has 1 aliphatic heterocycles. The average Bonchev–Trinajstić information content (AvgIpc) is 3.32. The smallest absolute Gasteiger partial charge is 0.298 e. The number of aryl methyl sites for hydroxylation is 1. The second kappa shape index (κ2) is 8.93. The minimum atomic E-state index is -0.290. The summed E-state index contributed by atoms with van der Waals surface area (Å²) in [7, 11) is 0. The Kier molecular flexibility index (Phi) is 5.83. The molecule has 1 aromatic heterocycles. The standard InChI is InChI=1S/C27H21ClN2O2S/c1-2-19-7-6-10-23-20(17-29(25(19)23)16-18-11-13-21(28)14-12-18)15-24-26(31)30(27(32)33-24)22-8-4-3-5-9-22/h3-15,17H,2,16H2,1H3/b24-15-. The average molecular weight is 473 g/mol. The van der Waals surface area contributed by atoms with Crippen molar-refractivity contribution in [1.82, 2.24) is 4.57 Å². The van der Waals surface area contributed by atoms with Gasteiger partial charge in [0, 0.05) is 28.7 Å². The van der Waals surface area contributed by atoms with Crippen LogP contribution in [0.4, 0.5) is 10.5 Å². The Bertz CT molecular complexity index is 1390. The number of carbonyl (C=O) groups is 2. The number of thioether (sulfide) groups is 1. The van der Waals surface area contributed by atoms with Crippen molar-refractivity contribution in [3.8, 4) is 0 Å². The lowest BCUT2D eigenvalue weighted by Gasteiger charge is -2.11. The minimum Gasteiger partial charge on any atom is -0.342 e. The predicted octanol–water partition coefficient (Wildman–Crippen LogP) is 7.15. The van der Waals surface area contributed by atoms with Crippen LogP contribution in [0.2, 0.25) is 5.02 Å². The number of nitrogens with zero attached hydrogens (tertiary/aromatic N) is 2. The van der Waals surface area contributed by atoms with Crippen molar-refractivity contribution >= 4 is 57.2 Å². The molecule has 2 amide bonds. The van der Waals surface area contributed by atoms with Crippen molar-refractivity contribution in [1.29, 1.82) is 0 Å². The summed E-state index contributed by atoms with van der Waals surface area (Å²) in [6.45, 7) is 2.82. The van der Waals surface area contributed by atoms with Crippen LogP contribution in [0.15, 0.2) is 83.9 Å². The quantitative estimate of drug-likeness (QED) is 0.290. The normalized spacial score (nSPS) is 15.2. The molecule has 2 heterocycles. The third kappa shape index (κ3) is 4.10. The van der Waals surface area contributed by atoms with E-state index in [0.29, 0.717) is 22.2 Å². The minimum absolute atomic E-state index is 0.281. The molecular formula is C27H21ClN2O2S. The van der Waals surface area contributed by atoms with E-state index in [0.717, 1.165) is 40.2 Å². The van der Waals surface area contributed by atoms with Crippen LogP contribution in [0.1, 0.15) is 23.6 Å². The molecule has 0 atom stereocenters. The number of para-hydroxylation sites is 2. The predicted molar refractivity (Wildman–Crippen MR) is 137 cm³/mol. The van der Waals surface area contributed by atoms with Gasteiger partial charge in [0.1, 0.15) is 0 Å². The highest BCUT2D eigenvalue weighted by molar-refractivity contribution is 8.19. The van der Waals surface area contributed by atoms with E-state index in [1.165, 1.54) is 10.5 Å². The summed E-state index contributed by atoms with van der Waals surface area (Å²) in [5.74, 6) is -0.290. The van der Waals surface area contributed by atoms with Crippen LogP contribution >= 0.6 is 23.4 Å². The fourth-order valence-corrected chi connectivity index (χ4v) is 5.14. The Morgan fingerprint density at radius 1 is 0.939 bits per heavy atom. The maximum absolute atomic E-state index is 13.1. The van der Waals surface area contributed by atoms with Crippen LogP contribution in [0.5, 0.6) is 0 Å². The molecule has 0 unspecified atom stereocenters. The summed E-state index contributed by atoms with van der Waals surface area (Å²) < 4.78 is 2.21. The van der Waals surface area contributed by atoms with Crippen molar-refractivity contribution in [2.45, 2.75) is 19.9 Å². The SMILES string of the molecule is CCc1cccc2c(/C=C3\SC(=O)N(c4ccccc4)C3=O)cn(Cc3ccc(Cl)cc3)c12. The number of fused-ring (bicyclic) bond motifs is 1. The van der Waals surface area contributed by atoms with E-state index in [4.69, 9.17) is 11.6 Å². The Balaban J connectivity index is 1.57. The molecule has 1 saturated heterocycles. The first-order valence-electron chi connectivity index (χ1n) is 10.7. The fraction of sp³-hybridized carbons (Fsp3) is 0.111. The third-order valence-corrected chi connectivity index (χ3v) is 6.88. The molecule has 0 radical (unpaired) electrons. The highest BCUT2D eigenvalue weighted by Crippen LogP contribution is 2.37. The molecular weight excluding hydrogens is 452 g/mol. The number of halogens is 1. The maximum atomic E-state index is 13.1. The number of rotatable bonds is 5. The van der Waals surface area contributed by atoms with Gasteiger partial charge in [-0.3, -0.25) is 9.59 Å². The van der Waals surface area contributed by atoms with Crippen LogP contribution in [-0.4, -0.2) is 15.7 Å². The van der Waals surface area contributed by atoms with E-state index in [1.54, 1.807) is 12.1 Å². The third-order valence-electron chi connectivity index (χ3n) is 5.75. The summed E-state index contributed by atoms with van der Waals surface area (Å²) in [6.07, 6.45) is 4.80. The van der Waals surface area contributed by atoms with Gasteiger partial charge in [-0.25, -0.2) is 4.90 Å². The van der Waals surface area contributed by atoms with Crippen LogP contribution in [0.3, 0.4) is 0 Å². The second-order valence-electron chi connectivity index (χ2n) is 7.86. The van der Waals surface area contributed by atoms with Gasteiger partial charge in [0.05, 0.1) is 16.1 Å². The lowest BCUT2D eigenvalue weighted by molar-refractivity contribution is -0.113. The largest absolute Gasteiger partial charge is 0.342 e. The second-order valence-corrected chi connectivity index (χ2v) is 9.29. The summed E-state index contributed by atoms with van der Waals surface area (Å²) >= 11 is 7.04. The van der Waals surface area contributed by atoms with E-state index in [-0.39, 0.29) is 11.1 Å². The van der Waals surface area contributed by atoms with Crippen molar-refractivity contribution in [3.05, 3.63) is 106 Å². The van der Waals surface area contributed by atoms with Gasteiger partial charge in [-0.05, 0) is 59.7 Å². The lowest BCUT2D eigenvalue weighted by atomic mass is 10.1. The summed E-state index contributed by atoms with van der Waals surface area (Å²) in [5.41, 5.74) is 5.02. The zero-order chi connectivity index (χ0) is 22.9. The number of hydrogen-bond acceptors (Lipinski definition) is 3. The molecule has 0 bridgehead atoms. The van der Waals surface area contributed by atoms with Gasteiger partial charge in [0.25, 0.3) is 11.1 Å². The molecule has 164 valence electrons. The van der Waals surface area contributed by atoms with Crippen molar-refractivity contribution in [2.24, 2.45) is 0 Å². The summed E-state index contributed by atoms with van der Waals surface area (Å²) in [5, 5.41) is 1.49. The summed E-state index contributed by atoms with van der Waals surface area (Å²) in [6, 6.07) is 23.1. The lowest BCUT2D eigenvalue weighted by Crippen LogP contribution is -2.27. The van der Waals surface area contributed by atoms with Gasteiger partial charge in [0.2, 0.25) is 0 Å². The number of imide groups is 1. The molecule has 0 N–H and O–H groups in total. The van der Waals surface area contributed by atoms with Gasteiger partial charge in [0.15, 0.2) is 0 Å². The van der Waals surface area contributed by atoms with Crippen LogP contribution in [0.25, 0.3) is 17.0 Å². The van der Waals surface area contributed by atoms with Gasteiger partial charge in [-0.1, -0.05) is 67.1 Å². The molecule has 3 aromatic carbocycles. The molecule has 6 heteroatoms. The highest BCUT2D eigenvalue weighted by atomic mass is 35.5. The van der Waals surface area contributed by atoms with Gasteiger partial charge >= 0.3 is 0 Å². The molecule has 33 heavy (non-hydrogen) atoms. The molecule has 0 aliphatic carbocycles. The molecule has 1 aliphatic rings. The van der Waals surface area contributed by atoms with Crippen molar-refractivity contribution in [3.63, 3.8) is 0 Å². The number of carbonyl (C=O) groups excluding carboxylic acids is 2. The number of aromatic nitrogens is 1. The van der Waals surface area contributed by atoms with Gasteiger partial charge in [-0.2, -0.15) is 0 Å². The number of amides is 2. The Morgan fingerprint density at radius 2 is 1.70 bits per heavy atom. The van der Waals surface area contributed by atoms with E-state index in [2.05, 4.69) is 29.8 Å². The van der Waals surface area contributed by atoms with Crippen LogP contribution in [-0.2, 0) is 17.8 Å². The first kappa shape index (κ1) is 21.6. The molecule has 1 fully saturated rings. The van der Waals surface area contributed by atoms with E-state index in [1.807, 2.05) is 54.6 Å². The van der Waals surface area contributed by atoms with E-state index >= 15 is 0 Å². The molecule has 5 rings (SSSR count). The summed E-state index contributed by atoms with van der Waals surface area (Å²) in [4.78, 5) is 27.4. The number of anilines is 1. The van der Waals surface area contributed by atoms with E-state index < -0.39 is 0 Å². The Morgan fingerprint density at radius 3 is 2.42 bits per heavy atom. The monoisotopic (exact) mass is 472 g/mol. The van der Waals surface area contributed by atoms with Crippen molar-refractivity contribution < 1.29 is 9.59 Å². The zero-order valence-corrected chi connectivity index (χ0v) is 19.6. The molecule has 0 spiro atoms.